The average molecular weight is 425 g/mol. The van der Waals surface area contributed by atoms with Crippen molar-refractivity contribution in [2.75, 3.05) is 0 Å². The summed E-state index contributed by atoms with van der Waals surface area (Å²) in [6, 6.07) is 12.1. The minimum Gasteiger partial charge on any atom is -0.324 e. The van der Waals surface area contributed by atoms with Crippen molar-refractivity contribution in [3.8, 4) is 0 Å². The molecule has 0 saturated carbocycles. The van der Waals surface area contributed by atoms with Crippen LogP contribution in [0.1, 0.15) is 41.1 Å². The Labute approximate surface area is 178 Å². The van der Waals surface area contributed by atoms with Gasteiger partial charge in [0, 0.05) is 28.3 Å². The van der Waals surface area contributed by atoms with Crippen LogP contribution in [-0.2, 0) is 19.4 Å². The number of aromatic nitrogens is 6. The highest BCUT2D eigenvalue weighted by atomic mass is 35.5. The molecule has 0 aliphatic rings. The summed E-state index contributed by atoms with van der Waals surface area (Å²) < 4.78 is 2.23. The van der Waals surface area contributed by atoms with E-state index in [1.807, 2.05) is 24.4 Å². The first-order valence-electron chi connectivity index (χ1n) is 9.49. The van der Waals surface area contributed by atoms with Gasteiger partial charge in [-0.15, -0.1) is 16.4 Å². The topological polar surface area (TPSA) is 72.3 Å². The van der Waals surface area contributed by atoms with Crippen LogP contribution in [0.2, 0.25) is 5.02 Å². The van der Waals surface area contributed by atoms with Crippen LogP contribution in [0, 0.1) is 0 Å². The summed E-state index contributed by atoms with van der Waals surface area (Å²) in [5.74, 6) is 1.71. The molecule has 148 valence electrons. The molecule has 3 aromatic heterocycles. The lowest BCUT2D eigenvalue weighted by molar-refractivity contribution is 0.701. The third-order valence-corrected chi connectivity index (χ3v) is 5.89. The first kappa shape index (κ1) is 19.5. The average Bonchev–Trinajstić information content (AvgIpc) is 3.48. The number of benzene rings is 1. The van der Waals surface area contributed by atoms with E-state index in [1.165, 1.54) is 4.88 Å². The van der Waals surface area contributed by atoms with E-state index in [-0.39, 0.29) is 0 Å². The predicted octanol–water partition coefficient (Wildman–Crippen LogP) is 4.90. The fourth-order valence-electron chi connectivity index (χ4n) is 3.22. The standard InChI is InChI=1S/C21H21ClN6S/c1-2-6-20-23-13-17(28(20)14-15-7-3-4-9-19(15)22)11-16(21-24-26-27-25-21)12-18-8-5-10-29-18/h3-5,7-11,13H,2,6,12,14H2,1H3,(H,24,25,26,27). The quantitative estimate of drug-likeness (QED) is 0.436. The summed E-state index contributed by atoms with van der Waals surface area (Å²) in [6.45, 7) is 2.83. The van der Waals surface area contributed by atoms with Gasteiger partial charge in [-0.3, -0.25) is 0 Å². The maximum Gasteiger partial charge on any atom is 0.175 e. The van der Waals surface area contributed by atoms with E-state index in [1.54, 1.807) is 11.3 Å². The van der Waals surface area contributed by atoms with Crippen LogP contribution < -0.4 is 0 Å². The lowest BCUT2D eigenvalue weighted by Gasteiger charge is -2.12. The molecule has 0 atom stereocenters. The molecule has 0 aliphatic carbocycles. The summed E-state index contributed by atoms with van der Waals surface area (Å²) in [5.41, 5.74) is 3.09. The largest absolute Gasteiger partial charge is 0.324 e. The fraction of sp³-hybridized carbons (Fsp3) is 0.238. The number of rotatable bonds is 8. The minimum atomic E-state index is 0.668. The Morgan fingerprint density at radius 1 is 1.24 bits per heavy atom. The number of aryl methyl sites for hydroxylation is 1. The monoisotopic (exact) mass is 424 g/mol. The summed E-state index contributed by atoms with van der Waals surface area (Å²) in [4.78, 5) is 5.93. The zero-order chi connectivity index (χ0) is 20.1. The number of nitrogens with one attached hydrogen (secondary N) is 1. The lowest BCUT2D eigenvalue weighted by Crippen LogP contribution is -2.08. The highest BCUT2D eigenvalue weighted by Crippen LogP contribution is 2.24. The van der Waals surface area contributed by atoms with Gasteiger partial charge in [0.25, 0.3) is 0 Å². The van der Waals surface area contributed by atoms with Crippen LogP contribution in [0.4, 0.5) is 0 Å². The van der Waals surface area contributed by atoms with Crippen molar-refractivity contribution in [3.05, 3.63) is 80.8 Å². The van der Waals surface area contributed by atoms with E-state index in [9.17, 15) is 0 Å². The number of nitrogens with zero attached hydrogens (tertiary/aromatic N) is 5. The van der Waals surface area contributed by atoms with Gasteiger partial charge in [-0.25, -0.2) is 10.1 Å². The number of tetrazole rings is 1. The third kappa shape index (κ3) is 4.63. The first-order valence-corrected chi connectivity index (χ1v) is 10.7. The molecule has 1 aromatic carbocycles. The number of H-pyrrole nitrogens is 1. The molecule has 0 amide bonds. The molecule has 29 heavy (non-hydrogen) atoms. The summed E-state index contributed by atoms with van der Waals surface area (Å²) in [6.07, 6.45) is 6.71. The van der Waals surface area contributed by atoms with E-state index < -0.39 is 0 Å². The molecule has 6 nitrogen and oxygen atoms in total. The maximum absolute atomic E-state index is 6.43. The number of hydrogen-bond acceptors (Lipinski definition) is 5. The predicted molar refractivity (Wildman–Crippen MR) is 117 cm³/mol. The van der Waals surface area contributed by atoms with Crippen LogP contribution in [-0.4, -0.2) is 30.2 Å². The second-order valence-corrected chi connectivity index (χ2v) is 8.14. The van der Waals surface area contributed by atoms with Gasteiger partial charge in [-0.2, -0.15) is 0 Å². The van der Waals surface area contributed by atoms with Crippen molar-refractivity contribution in [1.82, 2.24) is 30.2 Å². The van der Waals surface area contributed by atoms with E-state index in [0.717, 1.165) is 46.9 Å². The molecule has 0 saturated heterocycles. The molecule has 0 radical (unpaired) electrons. The molecule has 4 aromatic rings. The molecule has 4 rings (SSSR count). The second kappa shape index (κ2) is 9.15. The first-order chi connectivity index (χ1) is 14.2. The molecular weight excluding hydrogens is 404 g/mol. The number of thiophene rings is 1. The Morgan fingerprint density at radius 3 is 2.86 bits per heavy atom. The zero-order valence-corrected chi connectivity index (χ0v) is 17.6. The lowest BCUT2D eigenvalue weighted by atomic mass is 10.1. The summed E-state index contributed by atoms with van der Waals surface area (Å²) >= 11 is 8.14. The van der Waals surface area contributed by atoms with Gasteiger partial charge in [-0.05, 0) is 46.0 Å². The fourth-order valence-corrected chi connectivity index (χ4v) is 4.15. The van der Waals surface area contributed by atoms with Gasteiger partial charge in [-0.1, -0.05) is 42.8 Å². The van der Waals surface area contributed by atoms with Crippen molar-refractivity contribution < 1.29 is 0 Å². The van der Waals surface area contributed by atoms with Crippen molar-refractivity contribution in [1.29, 1.82) is 0 Å². The van der Waals surface area contributed by atoms with Gasteiger partial charge in [0.2, 0.25) is 0 Å². The summed E-state index contributed by atoms with van der Waals surface area (Å²) in [7, 11) is 0. The Morgan fingerprint density at radius 2 is 2.14 bits per heavy atom. The van der Waals surface area contributed by atoms with Gasteiger partial charge in [0.05, 0.1) is 18.4 Å². The summed E-state index contributed by atoms with van der Waals surface area (Å²) in [5, 5.41) is 17.4. The highest BCUT2D eigenvalue weighted by Gasteiger charge is 2.14. The number of allylic oxidation sites excluding steroid dienone is 1. The van der Waals surface area contributed by atoms with Crippen LogP contribution >= 0.6 is 22.9 Å². The van der Waals surface area contributed by atoms with Gasteiger partial charge in [0.1, 0.15) is 5.82 Å². The molecule has 0 fully saturated rings. The van der Waals surface area contributed by atoms with E-state index >= 15 is 0 Å². The Balaban J connectivity index is 1.75. The van der Waals surface area contributed by atoms with Crippen molar-refractivity contribution in [3.63, 3.8) is 0 Å². The Hall–Kier alpha value is -2.77. The molecule has 0 unspecified atom stereocenters. The zero-order valence-electron chi connectivity index (χ0n) is 16.0. The van der Waals surface area contributed by atoms with Crippen LogP contribution in [0.5, 0.6) is 0 Å². The van der Waals surface area contributed by atoms with E-state index in [4.69, 9.17) is 11.6 Å². The van der Waals surface area contributed by atoms with Gasteiger partial charge in [0.15, 0.2) is 5.82 Å². The normalized spacial score (nSPS) is 11.9. The van der Waals surface area contributed by atoms with E-state index in [0.29, 0.717) is 12.4 Å². The Bertz CT molecular complexity index is 1080. The van der Waals surface area contributed by atoms with Crippen molar-refractivity contribution in [2.24, 2.45) is 0 Å². The molecule has 1 N–H and O–H groups in total. The smallest absolute Gasteiger partial charge is 0.175 e. The highest BCUT2D eigenvalue weighted by molar-refractivity contribution is 7.10. The molecule has 0 spiro atoms. The second-order valence-electron chi connectivity index (χ2n) is 6.70. The van der Waals surface area contributed by atoms with Crippen molar-refractivity contribution in [2.45, 2.75) is 32.7 Å². The van der Waals surface area contributed by atoms with Crippen LogP contribution in [0.25, 0.3) is 11.6 Å². The van der Waals surface area contributed by atoms with Crippen LogP contribution in [0.3, 0.4) is 0 Å². The number of halogens is 1. The van der Waals surface area contributed by atoms with E-state index in [2.05, 4.69) is 66.8 Å². The van der Waals surface area contributed by atoms with Crippen LogP contribution in [0.15, 0.2) is 48.0 Å². The minimum absolute atomic E-state index is 0.668. The Kier molecular flexibility index (Phi) is 6.17. The molecule has 3 heterocycles. The molecule has 0 bridgehead atoms. The molecular formula is C21H21ClN6S. The SMILES string of the molecule is CCCc1ncc(C=C(Cc2cccs2)c2nnn[nH]2)n1Cc1ccccc1Cl. The number of aromatic amines is 1. The number of hydrogen-bond donors (Lipinski definition) is 1. The molecule has 0 aliphatic heterocycles. The number of imidazole rings is 1. The third-order valence-electron chi connectivity index (χ3n) is 4.65. The maximum atomic E-state index is 6.43. The molecule has 8 heteroatoms. The van der Waals surface area contributed by atoms with Gasteiger partial charge >= 0.3 is 0 Å². The van der Waals surface area contributed by atoms with Gasteiger partial charge < -0.3 is 4.57 Å². The van der Waals surface area contributed by atoms with Crippen molar-refractivity contribution >= 4 is 34.6 Å².